The predicted octanol–water partition coefficient (Wildman–Crippen LogP) is 4.07. The molecule has 1 fully saturated rings. The lowest BCUT2D eigenvalue weighted by atomic mass is 10.1. The van der Waals surface area contributed by atoms with Gasteiger partial charge in [0.05, 0.1) is 5.69 Å². The van der Waals surface area contributed by atoms with Crippen LogP contribution < -0.4 is 21.6 Å². The molecule has 0 radical (unpaired) electrons. The zero-order valence-electron chi connectivity index (χ0n) is 14.7. The smallest absolute Gasteiger partial charge is 0.362 e. The topological polar surface area (TPSA) is 83.4 Å². The zero-order chi connectivity index (χ0) is 17.8. The molecule has 3 rings (SSSR count). The highest BCUT2D eigenvalue weighted by Gasteiger charge is 2.22. The second-order valence-corrected chi connectivity index (χ2v) is 6.67. The van der Waals surface area contributed by atoms with Gasteiger partial charge in [0.15, 0.2) is 5.69 Å². The van der Waals surface area contributed by atoms with Gasteiger partial charge in [0, 0.05) is 17.5 Å². The van der Waals surface area contributed by atoms with Gasteiger partial charge in [0.25, 0.3) is 0 Å². The fourth-order valence-corrected chi connectivity index (χ4v) is 3.16. The van der Waals surface area contributed by atoms with Crippen LogP contribution in [0.25, 0.3) is 11.0 Å². The first kappa shape index (κ1) is 17.3. The van der Waals surface area contributed by atoms with Gasteiger partial charge in [-0.2, -0.15) is 0 Å². The minimum atomic E-state index is -0.543. The molecule has 1 aromatic heterocycles. The number of carbonyl (C=O) groups excluding carboxylic acids is 1. The molecule has 25 heavy (non-hydrogen) atoms. The highest BCUT2D eigenvalue weighted by atomic mass is 16.4. The maximum Gasteiger partial charge on any atom is 0.362 e. The van der Waals surface area contributed by atoms with Crippen LogP contribution in [0.3, 0.4) is 0 Å². The largest absolute Gasteiger partial charge is 0.421 e. The fraction of sp³-hybridized carbons (Fsp3) is 0.474. The molecule has 6 nitrogen and oxygen atoms in total. The first-order chi connectivity index (χ1) is 12.1. The number of fused-ring (bicyclic) bond motifs is 1. The molecule has 1 aromatic carbocycles. The summed E-state index contributed by atoms with van der Waals surface area (Å²) in [7, 11) is 0. The van der Waals surface area contributed by atoms with E-state index < -0.39 is 11.7 Å². The van der Waals surface area contributed by atoms with Crippen LogP contribution >= 0.6 is 0 Å². The summed E-state index contributed by atoms with van der Waals surface area (Å²) in [6.07, 6.45) is 5.29. The van der Waals surface area contributed by atoms with Crippen LogP contribution in [0.4, 0.5) is 16.2 Å². The molecule has 6 heteroatoms. The van der Waals surface area contributed by atoms with E-state index in [0.717, 1.165) is 24.6 Å². The molecule has 1 atom stereocenters. The second-order valence-electron chi connectivity index (χ2n) is 6.67. The number of nitrogens with one attached hydrogen (secondary N) is 3. The lowest BCUT2D eigenvalue weighted by molar-refractivity contribution is 0.249. The average molecular weight is 343 g/mol. The molecule has 134 valence electrons. The van der Waals surface area contributed by atoms with Crippen LogP contribution in [0.1, 0.15) is 46.0 Å². The van der Waals surface area contributed by atoms with Gasteiger partial charge in [-0.05, 0) is 38.3 Å². The van der Waals surface area contributed by atoms with E-state index in [1.165, 1.54) is 12.8 Å². The summed E-state index contributed by atoms with van der Waals surface area (Å²) in [5, 5.41) is 9.77. The van der Waals surface area contributed by atoms with E-state index in [9.17, 15) is 9.59 Å². The van der Waals surface area contributed by atoms with Crippen LogP contribution in [0.15, 0.2) is 33.5 Å². The standard InChI is InChI=1S/C19H25N3O3/c1-3-12(2)20-19(24)22-17-16(21-13-8-4-5-9-13)14-10-6-7-11-15(14)25-18(17)23/h6-7,10-13,21H,3-5,8-9H2,1-2H3,(H2,20,22,24)/t12-/m1/s1. The molecule has 0 unspecified atom stereocenters. The number of carbonyl (C=O) groups is 1. The number of rotatable bonds is 5. The fourth-order valence-electron chi connectivity index (χ4n) is 3.16. The van der Waals surface area contributed by atoms with E-state index in [4.69, 9.17) is 4.42 Å². The zero-order valence-corrected chi connectivity index (χ0v) is 14.7. The Morgan fingerprint density at radius 2 is 1.96 bits per heavy atom. The van der Waals surface area contributed by atoms with Crippen molar-refractivity contribution in [1.29, 1.82) is 0 Å². The number of para-hydroxylation sites is 1. The van der Waals surface area contributed by atoms with Gasteiger partial charge in [0.1, 0.15) is 5.58 Å². The van der Waals surface area contributed by atoms with E-state index in [-0.39, 0.29) is 11.7 Å². The van der Waals surface area contributed by atoms with Crippen molar-refractivity contribution in [1.82, 2.24) is 5.32 Å². The van der Waals surface area contributed by atoms with E-state index >= 15 is 0 Å². The minimum Gasteiger partial charge on any atom is -0.421 e. The molecule has 1 heterocycles. The van der Waals surface area contributed by atoms with Crippen molar-refractivity contribution in [2.45, 2.75) is 58.0 Å². The van der Waals surface area contributed by atoms with Gasteiger partial charge in [-0.25, -0.2) is 9.59 Å². The number of hydrogen-bond acceptors (Lipinski definition) is 4. The maximum atomic E-state index is 12.5. The van der Waals surface area contributed by atoms with Gasteiger partial charge in [0.2, 0.25) is 0 Å². The van der Waals surface area contributed by atoms with E-state index in [1.807, 2.05) is 32.0 Å². The van der Waals surface area contributed by atoms with Gasteiger partial charge >= 0.3 is 11.7 Å². The van der Waals surface area contributed by atoms with Crippen LogP contribution in [0.5, 0.6) is 0 Å². The van der Waals surface area contributed by atoms with E-state index in [1.54, 1.807) is 6.07 Å². The Balaban J connectivity index is 1.98. The SMILES string of the molecule is CC[C@@H](C)NC(=O)Nc1c(NC2CCCC2)c2ccccc2oc1=O. The highest BCUT2D eigenvalue weighted by molar-refractivity contribution is 6.01. The number of urea groups is 1. The molecule has 0 spiro atoms. The van der Waals surface area contributed by atoms with Crippen molar-refractivity contribution in [2.75, 3.05) is 10.6 Å². The normalized spacial score (nSPS) is 15.9. The molecule has 1 saturated carbocycles. The maximum absolute atomic E-state index is 12.5. The Morgan fingerprint density at radius 1 is 1.24 bits per heavy atom. The van der Waals surface area contributed by atoms with Crippen molar-refractivity contribution in [3.05, 3.63) is 34.7 Å². The Morgan fingerprint density at radius 3 is 2.68 bits per heavy atom. The summed E-state index contributed by atoms with van der Waals surface area (Å²) in [5.74, 6) is 0. The predicted molar refractivity (Wildman–Crippen MR) is 100 cm³/mol. The minimum absolute atomic E-state index is 0.0266. The van der Waals surface area contributed by atoms with E-state index in [0.29, 0.717) is 17.3 Å². The van der Waals surface area contributed by atoms with Crippen LogP contribution in [-0.4, -0.2) is 18.1 Å². The summed E-state index contributed by atoms with van der Waals surface area (Å²) in [6.45, 7) is 3.91. The first-order valence-corrected chi connectivity index (χ1v) is 8.98. The molecular weight excluding hydrogens is 318 g/mol. The Hall–Kier alpha value is -2.50. The second kappa shape index (κ2) is 7.59. The summed E-state index contributed by atoms with van der Waals surface area (Å²) >= 11 is 0. The lowest BCUT2D eigenvalue weighted by Crippen LogP contribution is -2.37. The molecule has 3 N–H and O–H groups in total. The van der Waals surface area contributed by atoms with Crippen molar-refractivity contribution in [3.8, 4) is 0 Å². The quantitative estimate of drug-likeness (QED) is 0.715. The first-order valence-electron chi connectivity index (χ1n) is 8.98. The van der Waals surface area contributed by atoms with Crippen molar-refractivity contribution in [2.24, 2.45) is 0 Å². The number of amides is 2. The summed E-state index contributed by atoms with van der Waals surface area (Å²) in [4.78, 5) is 24.7. The molecule has 1 aliphatic rings. The third kappa shape index (κ3) is 3.95. The number of hydrogen-bond donors (Lipinski definition) is 3. The Bertz CT molecular complexity index is 809. The van der Waals surface area contributed by atoms with Crippen molar-refractivity contribution >= 4 is 28.4 Å². The van der Waals surface area contributed by atoms with Gasteiger partial charge in [-0.3, -0.25) is 5.32 Å². The lowest BCUT2D eigenvalue weighted by Gasteiger charge is -2.19. The van der Waals surface area contributed by atoms with Crippen molar-refractivity contribution in [3.63, 3.8) is 0 Å². The molecule has 0 aliphatic heterocycles. The monoisotopic (exact) mass is 343 g/mol. The van der Waals surface area contributed by atoms with Crippen LogP contribution in [-0.2, 0) is 0 Å². The highest BCUT2D eigenvalue weighted by Crippen LogP contribution is 2.32. The summed E-state index contributed by atoms with van der Waals surface area (Å²) < 4.78 is 5.39. The van der Waals surface area contributed by atoms with Gasteiger partial charge in [-0.15, -0.1) is 0 Å². The van der Waals surface area contributed by atoms with Gasteiger partial charge < -0.3 is 15.1 Å². The molecular formula is C19H25N3O3. The van der Waals surface area contributed by atoms with Gasteiger partial charge in [-0.1, -0.05) is 31.9 Å². The number of benzene rings is 1. The average Bonchev–Trinajstić information content (AvgIpc) is 3.11. The summed E-state index contributed by atoms with van der Waals surface area (Å²) in [6, 6.07) is 7.32. The third-order valence-corrected chi connectivity index (χ3v) is 4.75. The summed E-state index contributed by atoms with van der Waals surface area (Å²) in [5.41, 5.74) is 0.795. The molecule has 1 aliphatic carbocycles. The molecule has 2 amide bonds. The molecule has 0 saturated heterocycles. The Labute approximate surface area is 147 Å². The third-order valence-electron chi connectivity index (χ3n) is 4.75. The molecule has 2 aromatic rings. The van der Waals surface area contributed by atoms with Crippen molar-refractivity contribution < 1.29 is 9.21 Å². The molecule has 0 bridgehead atoms. The number of anilines is 2. The van der Waals surface area contributed by atoms with Crippen LogP contribution in [0.2, 0.25) is 0 Å². The Kier molecular flexibility index (Phi) is 5.26. The van der Waals surface area contributed by atoms with E-state index in [2.05, 4.69) is 16.0 Å². The van der Waals surface area contributed by atoms with Crippen LogP contribution in [0, 0.1) is 0 Å².